The Morgan fingerprint density at radius 3 is 1.27 bits per heavy atom. The molecule has 0 aromatic carbocycles. The van der Waals surface area contributed by atoms with Crippen molar-refractivity contribution in [2.75, 3.05) is 33.0 Å². The third kappa shape index (κ3) is 38.5. The molecule has 7 N–H and O–H groups in total. The molecule has 14 heteroatoms. The van der Waals surface area contributed by atoms with Crippen LogP contribution in [0.2, 0.25) is 0 Å². The van der Waals surface area contributed by atoms with E-state index >= 15 is 0 Å². The number of esters is 1. The highest BCUT2D eigenvalue weighted by atomic mass is 16.7. The van der Waals surface area contributed by atoms with Gasteiger partial charge in [-0.3, -0.25) is 4.79 Å². The van der Waals surface area contributed by atoms with Crippen LogP contribution in [-0.2, 0) is 33.2 Å². The second kappa shape index (κ2) is 52.5. The zero-order valence-electron chi connectivity index (χ0n) is 50.2. The van der Waals surface area contributed by atoms with Crippen molar-refractivity contribution in [2.24, 2.45) is 0 Å². The van der Waals surface area contributed by atoms with Gasteiger partial charge in [0.15, 0.2) is 12.6 Å². The Hall–Kier alpha value is -3.09. The van der Waals surface area contributed by atoms with Crippen LogP contribution in [0.4, 0.5) is 0 Å². The van der Waals surface area contributed by atoms with Gasteiger partial charge in [-0.2, -0.15) is 0 Å². The number of unbranched alkanes of at least 4 members (excludes halogenated alkanes) is 21. The molecule has 0 saturated carbocycles. The first-order valence-corrected chi connectivity index (χ1v) is 31.8. The van der Waals surface area contributed by atoms with Crippen LogP contribution in [0, 0.1) is 0 Å². The lowest BCUT2D eigenvalue weighted by atomic mass is 9.98. The van der Waals surface area contributed by atoms with E-state index in [1.165, 1.54) is 109 Å². The maximum atomic E-state index is 13.1. The summed E-state index contributed by atoms with van der Waals surface area (Å²) in [5.74, 6) is -0.409. The number of aliphatic hydroxyl groups is 7. The smallest absolute Gasteiger partial charge is 0.306 e. The van der Waals surface area contributed by atoms with Crippen LogP contribution in [0.25, 0.3) is 0 Å². The van der Waals surface area contributed by atoms with Gasteiger partial charge in [-0.1, -0.05) is 214 Å². The van der Waals surface area contributed by atoms with Gasteiger partial charge >= 0.3 is 5.97 Å². The minimum Gasteiger partial charge on any atom is -0.457 e. The molecular formula is C67H114O14. The summed E-state index contributed by atoms with van der Waals surface area (Å²) < 4.78 is 34.4. The summed E-state index contributed by atoms with van der Waals surface area (Å²) in [6, 6.07) is 0. The average molecular weight is 1140 g/mol. The van der Waals surface area contributed by atoms with Gasteiger partial charge in [0, 0.05) is 13.0 Å². The molecule has 0 spiro atoms. The molecule has 81 heavy (non-hydrogen) atoms. The zero-order chi connectivity index (χ0) is 58.6. The van der Waals surface area contributed by atoms with Gasteiger partial charge in [0.1, 0.15) is 54.9 Å². The molecule has 14 nitrogen and oxygen atoms in total. The number of carbonyl (C=O) groups is 1. The van der Waals surface area contributed by atoms with Crippen LogP contribution >= 0.6 is 0 Å². The second-order valence-corrected chi connectivity index (χ2v) is 21.8. The number of ether oxygens (including phenoxy) is 6. The van der Waals surface area contributed by atoms with E-state index < -0.39 is 86.7 Å². The van der Waals surface area contributed by atoms with E-state index in [-0.39, 0.29) is 19.6 Å². The van der Waals surface area contributed by atoms with E-state index in [1.807, 2.05) is 0 Å². The van der Waals surface area contributed by atoms with Gasteiger partial charge in [-0.25, -0.2) is 0 Å². The molecule has 11 unspecified atom stereocenters. The molecule has 0 aromatic rings. The van der Waals surface area contributed by atoms with Crippen LogP contribution in [0.5, 0.6) is 0 Å². The average Bonchev–Trinajstić information content (AvgIpc) is 3.46. The van der Waals surface area contributed by atoms with Crippen molar-refractivity contribution in [2.45, 2.75) is 287 Å². The van der Waals surface area contributed by atoms with Gasteiger partial charge in [0.2, 0.25) is 0 Å². The van der Waals surface area contributed by atoms with E-state index in [1.54, 1.807) is 0 Å². The van der Waals surface area contributed by atoms with Crippen molar-refractivity contribution in [3.63, 3.8) is 0 Å². The fraction of sp³-hybridized carbons (Fsp3) is 0.746. The molecule has 0 amide bonds. The van der Waals surface area contributed by atoms with Crippen molar-refractivity contribution >= 4 is 5.97 Å². The summed E-state index contributed by atoms with van der Waals surface area (Å²) in [7, 11) is 0. The first kappa shape index (κ1) is 74.0. The maximum Gasteiger partial charge on any atom is 0.306 e. The number of rotatable bonds is 51. The minimum atomic E-state index is -1.72. The molecule has 466 valence electrons. The van der Waals surface area contributed by atoms with Crippen molar-refractivity contribution < 1.29 is 69.0 Å². The van der Waals surface area contributed by atoms with Gasteiger partial charge in [-0.15, -0.1) is 0 Å². The molecule has 11 atom stereocenters. The molecule has 2 rings (SSSR count). The highest BCUT2D eigenvalue weighted by Gasteiger charge is 2.47. The normalized spacial score (nSPS) is 24.4. The Morgan fingerprint density at radius 1 is 0.420 bits per heavy atom. The molecule has 0 radical (unpaired) electrons. The fourth-order valence-corrected chi connectivity index (χ4v) is 9.50. The Labute approximate surface area is 490 Å². The monoisotopic (exact) mass is 1140 g/mol. The van der Waals surface area contributed by atoms with E-state index in [9.17, 15) is 40.5 Å². The van der Waals surface area contributed by atoms with Crippen molar-refractivity contribution in [1.29, 1.82) is 0 Å². The number of carbonyl (C=O) groups excluding carboxylic acids is 1. The summed E-state index contributed by atoms with van der Waals surface area (Å²) in [4.78, 5) is 13.1. The van der Waals surface area contributed by atoms with Gasteiger partial charge < -0.3 is 64.2 Å². The molecule has 2 aliphatic heterocycles. The number of aliphatic hydroxyl groups excluding tert-OH is 7. The lowest BCUT2D eigenvalue weighted by Crippen LogP contribution is -2.61. The topological polar surface area (TPSA) is 214 Å². The van der Waals surface area contributed by atoms with E-state index in [0.717, 1.165) is 83.5 Å². The molecule has 2 fully saturated rings. The third-order valence-electron chi connectivity index (χ3n) is 14.6. The largest absolute Gasteiger partial charge is 0.457 e. The van der Waals surface area contributed by atoms with Crippen molar-refractivity contribution in [3.05, 3.63) is 97.2 Å². The summed E-state index contributed by atoms with van der Waals surface area (Å²) in [5, 5.41) is 72.5. The van der Waals surface area contributed by atoms with E-state index in [4.69, 9.17) is 28.4 Å². The SMILES string of the molecule is CC/C=C\C/C=C\C/C=C\C/C=C\C/C=C\C/C=C\C/C=C\CCCCCC(=O)OC(COCCCCCCCCCCCC/C=C\CCCCCCCCCC)COC1OC(COC2OC(CO)C(O)C(O)C2O)C(O)C(O)C1O. The lowest BCUT2D eigenvalue weighted by Gasteiger charge is -2.42. The standard InChI is InChI=1S/C67H114O14/c1-3-5-7-9-11-13-15-17-19-21-23-25-27-28-29-30-32-34-36-38-40-42-44-46-48-50-59(69)79-56(53-76-51-49-47-45-43-41-39-37-35-33-31-26-24-22-20-18-16-14-12-10-8-6-4-2)54-77-66-65(75)63(73)61(71)58(81-66)55-78-67-64(74)62(72)60(70)57(52-68)80-67/h5,7,11,13,17,19,22-25,28-29,32,34,38,40,56-58,60-68,70-75H,3-4,6,8-10,12,14-16,18,20-21,26-27,30-31,33,35-37,39,41-55H2,1-2H3/b7-5-,13-11-,19-17-,24-22-,25-23-,29-28-,34-32-,40-38-. The zero-order valence-corrected chi connectivity index (χ0v) is 50.2. The predicted molar refractivity (Wildman–Crippen MR) is 325 cm³/mol. The summed E-state index contributed by atoms with van der Waals surface area (Å²) in [6.07, 6.45) is 54.7. The van der Waals surface area contributed by atoms with Crippen LogP contribution < -0.4 is 0 Å². The molecule has 2 heterocycles. The van der Waals surface area contributed by atoms with Gasteiger partial charge in [-0.05, 0) is 96.3 Å². The van der Waals surface area contributed by atoms with Gasteiger partial charge in [0.25, 0.3) is 0 Å². The van der Waals surface area contributed by atoms with E-state index in [2.05, 4.69) is 111 Å². The first-order chi connectivity index (χ1) is 39.6. The summed E-state index contributed by atoms with van der Waals surface area (Å²) in [5.41, 5.74) is 0. The van der Waals surface area contributed by atoms with E-state index in [0.29, 0.717) is 13.0 Å². The number of allylic oxidation sites excluding steroid dienone is 16. The van der Waals surface area contributed by atoms with Crippen LogP contribution in [0.3, 0.4) is 0 Å². The Kier molecular flexibility index (Phi) is 47.9. The molecule has 2 aliphatic rings. The highest BCUT2D eigenvalue weighted by molar-refractivity contribution is 5.69. The molecule has 0 aliphatic carbocycles. The summed E-state index contributed by atoms with van der Waals surface area (Å²) >= 11 is 0. The minimum absolute atomic E-state index is 0.0417. The summed E-state index contributed by atoms with van der Waals surface area (Å²) in [6.45, 7) is 3.54. The first-order valence-electron chi connectivity index (χ1n) is 31.8. The quantitative estimate of drug-likeness (QED) is 0.0172. The second-order valence-electron chi connectivity index (χ2n) is 21.8. The molecular weight excluding hydrogens is 1030 g/mol. The lowest BCUT2D eigenvalue weighted by molar-refractivity contribution is -0.332. The fourth-order valence-electron chi connectivity index (χ4n) is 9.50. The molecule has 0 aromatic heterocycles. The number of hydrogen-bond acceptors (Lipinski definition) is 14. The highest BCUT2D eigenvalue weighted by Crippen LogP contribution is 2.27. The Bertz CT molecular complexity index is 1710. The molecule has 0 bridgehead atoms. The van der Waals surface area contributed by atoms with Gasteiger partial charge in [0.05, 0.1) is 26.4 Å². The van der Waals surface area contributed by atoms with Crippen molar-refractivity contribution in [3.8, 4) is 0 Å². The van der Waals surface area contributed by atoms with Crippen molar-refractivity contribution in [1.82, 2.24) is 0 Å². The Balaban J connectivity index is 1.71. The van der Waals surface area contributed by atoms with Crippen LogP contribution in [0.1, 0.15) is 219 Å². The Morgan fingerprint density at radius 2 is 0.802 bits per heavy atom. The van der Waals surface area contributed by atoms with Crippen LogP contribution in [-0.4, -0.2) is 142 Å². The maximum absolute atomic E-state index is 13.1. The predicted octanol–water partition coefficient (Wildman–Crippen LogP) is 12.5. The van der Waals surface area contributed by atoms with Crippen LogP contribution in [0.15, 0.2) is 97.2 Å². The third-order valence-corrected chi connectivity index (χ3v) is 14.6. The number of hydrogen-bond donors (Lipinski definition) is 7. The molecule has 2 saturated heterocycles.